The number of aryl methyl sites for hydroxylation is 1. The van der Waals surface area contributed by atoms with Gasteiger partial charge in [-0.1, -0.05) is 11.6 Å². The number of hydrogen-bond acceptors (Lipinski definition) is 4. The highest BCUT2D eigenvalue weighted by Crippen LogP contribution is 2.40. The topological polar surface area (TPSA) is 51.6 Å². The summed E-state index contributed by atoms with van der Waals surface area (Å²) in [5, 5.41) is 10.3. The highest BCUT2D eigenvalue weighted by molar-refractivity contribution is 5.41. The lowest BCUT2D eigenvalue weighted by Gasteiger charge is -2.30. The van der Waals surface area contributed by atoms with E-state index in [2.05, 4.69) is 4.98 Å². The van der Waals surface area contributed by atoms with Crippen LogP contribution in [-0.4, -0.2) is 17.2 Å². The Morgan fingerprint density at radius 2 is 2.15 bits per heavy atom. The summed E-state index contributed by atoms with van der Waals surface area (Å²) in [6.07, 6.45) is 1.57. The van der Waals surface area contributed by atoms with E-state index >= 15 is 0 Å². The molecule has 2 atom stereocenters. The average molecular weight is 271 g/mol. The molecule has 0 spiro atoms. The van der Waals surface area contributed by atoms with Crippen LogP contribution in [0.5, 0.6) is 11.6 Å². The number of ether oxygens (including phenoxy) is 2. The Labute approximate surface area is 118 Å². The molecule has 1 aromatic heterocycles. The Bertz CT molecular complexity index is 610. The smallest absolute Gasteiger partial charge is 0.212 e. The molecule has 4 heteroatoms. The number of methoxy groups -OCH3 is 1. The number of benzene rings is 1. The van der Waals surface area contributed by atoms with E-state index in [9.17, 15) is 5.11 Å². The summed E-state index contributed by atoms with van der Waals surface area (Å²) in [6, 6.07) is 9.60. The predicted molar refractivity (Wildman–Crippen MR) is 74.9 cm³/mol. The number of hydrogen-bond donors (Lipinski definition) is 1. The van der Waals surface area contributed by atoms with Crippen molar-refractivity contribution in [3.05, 3.63) is 53.2 Å². The Morgan fingerprint density at radius 3 is 2.85 bits per heavy atom. The summed E-state index contributed by atoms with van der Waals surface area (Å²) in [5.41, 5.74) is 2.93. The average Bonchev–Trinajstić information content (AvgIpc) is 2.48. The van der Waals surface area contributed by atoms with Crippen LogP contribution in [0.15, 0.2) is 36.5 Å². The van der Waals surface area contributed by atoms with E-state index in [0.717, 1.165) is 22.4 Å². The fourth-order valence-electron chi connectivity index (χ4n) is 2.47. The Kier molecular flexibility index (Phi) is 3.32. The van der Waals surface area contributed by atoms with E-state index in [1.807, 2.05) is 31.2 Å². The molecule has 0 saturated carbocycles. The molecular formula is C16H17NO3. The second kappa shape index (κ2) is 5.13. The molecule has 0 radical (unpaired) electrons. The third-order valence-corrected chi connectivity index (χ3v) is 3.57. The van der Waals surface area contributed by atoms with E-state index in [4.69, 9.17) is 9.47 Å². The number of pyridine rings is 1. The van der Waals surface area contributed by atoms with Gasteiger partial charge in [0.05, 0.1) is 13.2 Å². The van der Waals surface area contributed by atoms with Crippen molar-refractivity contribution in [2.45, 2.75) is 25.6 Å². The minimum absolute atomic E-state index is 0.182. The molecule has 1 aromatic carbocycles. The molecule has 1 aliphatic heterocycles. The van der Waals surface area contributed by atoms with Gasteiger partial charge in [-0.3, -0.25) is 0 Å². The van der Waals surface area contributed by atoms with Gasteiger partial charge in [0.15, 0.2) is 0 Å². The van der Waals surface area contributed by atoms with Crippen molar-refractivity contribution in [2.75, 3.05) is 7.11 Å². The van der Waals surface area contributed by atoms with Crippen LogP contribution in [0, 0.1) is 6.92 Å². The maximum Gasteiger partial charge on any atom is 0.212 e. The minimum atomic E-state index is -0.509. The van der Waals surface area contributed by atoms with E-state index in [-0.39, 0.29) is 6.10 Å². The maximum atomic E-state index is 10.3. The van der Waals surface area contributed by atoms with Gasteiger partial charge in [0, 0.05) is 29.8 Å². The standard InChI is InChI=1S/C16H17NO3/c1-10-3-5-14-12(7-10)13(18)8-15(20-14)11-4-6-16(19-2)17-9-11/h3-7,9,13,15,18H,8H2,1-2H3/t13-,15?/m0/s1. The van der Waals surface area contributed by atoms with E-state index in [1.54, 1.807) is 19.4 Å². The van der Waals surface area contributed by atoms with E-state index in [1.165, 1.54) is 0 Å². The van der Waals surface area contributed by atoms with E-state index in [0.29, 0.717) is 12.3 Å². The molecule has 0 bridgehead atoms. The predicted octanol–water partition coefficient (Wildman–Crippen LogP) is 2.96. The number of nitrogens with zero attached hydrogens (tertiary/aromatic N) is 1. The SMILES string of the molecule is COc1ccc(C2C[C@H](O)c3cc(C)ccc3O2)cn1. The van der Waals surface area contributed by atoms with Crippen LogP contribution >= 0.6 is 0 Å². The van der Waals surface area contributed by atoms with Crippen molar-refractivity contribution in [3.8, 4) is 11.6 Å². The van der Waals surface area contributed by atoms with Crippen molar-refractivity contribution in [1.82, 2.24) is 4.98 Å². The summed E-state index contributed by atoms with van der Waals surface area (Å²) in [5.74, 6) is 1.32. The van der Waals surface area contributed by atoms with Gasteiger partial charge in [-0.05, 0) is 25.1 Å². The van der Waals surface area contributed by atoms with Crippen LogP contribution in [-0.2, 0) is 0 Å². The highest BCUT2D eigenvalue weighted by atomic mass is 16.5. The van der Waals surface area contributed by atoms with Crippen LogP contribution in [0.3, 0.4) is 0 Å². The normalized spacial score (nSPS) is 20.9. The summed E-state index contributed by atoms with van der Waals surface area (Å²) >= 11 is 0. The fourth-order valence-corrected chi connectivity index (χ4v) is 2.47. The zero-order chi connectivity index (χ0) is 14.1. The molecule has 4 nitrogen and oxygen atoms in total. The summed E-state index contributed by atoms with van der Waals surface area (Å²) in [6.45, 7) is 2.01. The molecule has 0 saturated heterocycles. The van der Waals surface area contributed by atoms with Gasteiger partial charge in [-0.25, -0.2) is 4.98 Å². The zero-order valence-electron chi connectivity index (χ0n) is 11.5. The van der Waals surface area contributed by atoms with Crippen LogP contribution in [0.2, 0.25) is 0 Å². The van der Waals surface area contributed by atoms with Crippen LogP contribution in [0.25, 0.3) is 0 Å². The van der Waals surface area contributed by atoms with Crippen molar-refractivity contribution in [2.24, 2.45) is 0 Å². The molecule has 0 aliphatic carbocycles. The van der Waals surface area contributed by atoms with Crippen molar-refractivity contribution >= 4 is 0 Å². The van der Waals surface area contributed by atoms with Crippen molar-refractivity contribution < 1.29 is 14.6 Å². The molecule has 2 heterocycles. The molecule has 1 unspecified atom stereocenters. The second-order valence-corrected chi connectivity index (χ2v) is 5.03. The molecule has 3 rings (SSSR count). The lowest BCUT2D eigenvalue weighted by molar-refractivity contribution is 0.0655. The molecule has 20 heavy (non-hydrogen) atoms. The van der Waals surface area contributed by atoms with Gasteiger partial charge in [-0.2, -0.15) is 0 Å². The van der Waals surface area contributed by atoms with Crippen LogP contribution in [0.1, 0.15) is 35.3 Å². The highest BCUT2D eigenvalue weighted by Gasteiger charge is 2.28. The van der Waals surface area contributed by atoms with Crippen LogP contribution < -0.4 is 9.47 Å². The lowest BCUT2D eigenvalue weighted by Crippen LogP contribution is -2.19. The Balaban J connectivity index is 1.88. The third kappa shape index (κ3) is 2.34. The first-order chi connectivity index (χ1) is 9.67. The molecule has 1 aliphatic rings. The fraction of sp³-hybridized carbons (Fsp3) is 0.312. The van der Waals surface area contributed by atoms with Gasteiger partial charge >= 0.3 is 0 Å². The molecule has 0 fully saturated rings. The summed E-state index contributed by atoms with van der Waals surface area (Å²) in [4.78, 5) is 4.18. The van der Waals surface area contributed by atoms with Crippen molar-refractivity contribution in [3.63, 3.8) is 0 Å². The van der Waals surface area contributed by atoms with Gasteiger partial charge in [-0.15, -0.1) is 0 Å². The first-order valence-electron chi connectivity index (χ1n) is 6.62. The zero-order valence-corrected chi connectivity index (χ0v) is 11.5. The van der Waals surface area contributed by atoms with Crippen molar-refractivity contribution in [1.29, 1.82) is 0 Å². The first kappa shape index (κ1) is 12.9. The summed E-state index contributed by atoms with van der Waals surface area (Å²) < 4.78 is 11.0. The third-order valence-electron chi connectivity index (χ3n) is 3.57. The molecule has 104 valence electrons. The lowest BCUT2D eigenvalue weighted by atomic mass is 9.95. The molecule has 0 amide bonds. The minimum Gasteiger partial charge on any atom is -0.485 e. The largest absolute Gasteiger partial charge is 0.485 e. The van der Waals surface area contributed by atoms with Gasteiger partial charge in [0.1, 0.15) is 11.9 Å². The summed E-state index contributed by atoms with van der Waals surface area (Å²) in [7, 11) is 1.58. The Morgan fingerprint density at radius 1 is 1.30 bits per heavy atom. The monoisotopic (exact) mass is 271 g/mol. The number of aliphatic hydroxyl groups excluding tert-OH is 1. The van der Waals surface area contributed by atoms with Crippen LogP contribution in [0.4, 0.5) is 0 Å². The Hall–Kier alpha value is -2.07. The maximum absolute atomic E-state index is 10.3. The van der Waals surface area contributed by atoms with Gasteiger partial charge < -0.3 is 14.6 Å². The number of aromatic nitrogens is 1. The van der Waals surface area contributed by atoms with Gasteiger partial charge in [0.25, 0.3) is 0 Å². The first-order valence-corrected chi connectivity index (χ1v) is 6.62. The number of aliphatic hydroxyl groups is 1. The quantitative estimate of drug-likeness (QED) is 0.912. The molecule has 2 aromatic rings. The molecule has 1 N–H and O–H groups in total. The van der Waals surface area contributed by atoms with E-state index < -0.39 is 6.10 Å². The second-order valence-electron chi connectivity index (χ2n) is 5.03. The van der Waals surface area contributed by atoms with Gasteiger partial charge in [0.2, 0.25) is 5.88 Å². The number of rotatable bonds is 2. The number of fused-ring (bicyclic) bond motifs is 1. The molecular weight excluding hydrogens is 254 g/mol.